The Bertz CT molecular complexity index is 873. The molecule has 0 atom stereocenters. The first-order valence-corrected chi connectivity index (χ1v) is 8.76. The summed E-state index contributed by atoms with van der Waals surface area (Å²) in [7, 11) is -1.13. The van der Waals surface area contributed by atoms with Gasteiger partial charge >= 0.3 is 0 Å². The van der Waals surface area contributed by atoms with Crippen LogP contribution in [-0.4, -0.2) is 33.5 Å². The Morgan fingerprint density at radius 2 is 1.80 bits per heavy atom. The molecule has 0 aliphatic carbocycles. The van der Waals surface area contributed by atoms with Crippen LogP contribution in [0.2, 0.25) is 0 Å². The van der Waals surface area contributed by atoms with Crippen LogP contribution in [0.3, 0.4) is 0 Å². The van der Waals surface area contributed by atoms with Gasteiger partial charge in [0.2, 0.25) is 10.0 Å². The van der Waals surface area contributed by atoms with Crippen LogP contribution in [0, 0.1) is 18.2 Å². The highest BCUT2D eigenvalue weighted by molar-refractivity contribution is 7.89. The van der Waals surface area contributed by atoms with E-state index < -0.39 is 15.8 Å². The Morgan fingerprint density at radius 3 is 2.36 bits per heavy atom. The average Bonchev–Trinajstić information content (AvgIpc) is 2.62. The van der Waals surface area contributed by atoms with Crippen LogP contribution in [0.5, 0.6) is 11.5 Å². The Morgan fingerprint density at radius 1 is 1.12 bits per heavy atom. The number of hydrogen-bond donors (Lipinski definition) is 0. The smallest absolute Gasteiger partial charge is 0.248 e. The molecule has 0 fully saturated rings. The molecule has 0 aliphatic heterocycles. The third kappa shape index (κ3) is 4.29. The first-order valence-electron chi connectivity index (χ1n) is 7.32. The predicted molar refractivity (Wildman–Crippen MR) is 92.4 cm³/mol. The quantitative estimate of drug-likeness (QED) is 0.710. The average molecular weight is 363 g/mol. The second kappa shape index (κ2) is 8.01. The largest absolute Gasteiger partial charge is 0.497 e. The summed E-state index contributed by atoms with van der Waals surface area (Å²) in [5.41, 5.74) is 0.613. The van der Waals surface area contributed by atoms with Crippen molar-refractivity contribution in [3.8, 4) is 23.8 Å². The highest BCUT2D eigenvalue weighted by Crippen LogP contribution is 2.31. The van der Waals surface area contributed by atoms with Crippen molar-refractivity contribution >= 4 is 10.0 Å². The van der Waals surface area contributed by atoms with E-state index >= 15 is 0 Å². The molecule has 0 radical (unpaired) electrons. The summed E-state index contributed by atoms with van der Waals surface area (Å²) in [6.07, 6.45) is 5.34. The topological polar surface area (TPSA) is 55.8 Å². The number of benzene rings is 2. The SMILES string of the molecule is C#CCN(Cc1ccc(F)cc1)S(=O)(=O)c1cc(OC)ccc1OC. The molecule has 0 aromatic heterocycles. The number of hydrogen-bond acceptors (Lipinski definition) is 4. The minimum Gasteiger partial charge on any atom is -0.497 e. The first kappa shape index (κ1) is 18.8. The number of terminal acetylenes is 1. The lowest BCUT2D eigenvalue weighted by Crippen LogP contribution is -2.31. The summed E-state index contributed by atoms with van der Waals surface area (Å²) in [6, 6.07) is 10.0. The molecule has 2 aromatic carbocycles. The van der Waals surface area contributed by atoms with Gasteiger partial charge in [0.15, 0.2) is 0 Å². The molecule has 0 saturated carbocycles. The van der Waals surface area contributed by atoms with Crippen molar-refractivity contribution in [1.29, 1.82) is 0 Å². The van der Waals surface area contributed by atoms with Crippen LogP contribution in [0.25, 0.3) is 0 Å². The van der Waals surface area contributed by atoms with Gasteiger partial charge in [-0.3, -0.25) is 0 Å². The molecule has 2 rings (SSSR count). The minimum atomic E-state index is -3.95. The van der Waals surface area contributed by atoms with Crippen LogP contribution in [0.15, 0.2) is 47.4 Å². The molecule has 0 spiro atoms. The van der Waals surface area contributed by atoms with Crippen LogP contribution in [0.4, 0.5) is 4.39 Å². The fourth-order valence-corrected chi connectivity index (χ4v) is 3.76. The summed E-state index contributed by atoms with van der Waals surface area (Å²) in [4.78, 5) is -0.0493. The van der Waals surface area contributed by atoms with E-state index in [1.165, 1.54) is 50.6 Å². The van der Waals surface area contributed by atoms with E-state index in [-0.39, 0.29) is 23.7 Å². The van der Waals surface area contributed by atoms with E-state index in [2.05, 4.69) is 5.92 Å². The third-order valence-corrected chi connectivity index (χ3v) is 5.34. The molecule has 0 amide bonds. The maximum Gasteiger partial charge on any atom is 0.248 e. The molecule has 0 bridgehead atoms. The molecule has 0 heterocycles. The number of sulfonamides is 1. The number of ether oxygens (including phenoxy) is 2. The first-order chi connectivity index (χ1) is 11.9. The van der Waals surface area contributed by atoms with Crippen LogP contribution in [0.1, 0.15) is 5.56 Å². The highest BCUT2D eigenvalue weighted by atomic mass is 32.2. The maximum atomic E-state index is 13.1. The van der Waals surface area contributed by atoms with Crippen LogP contribution in [-0.2, 0) is 16.6 Å². The van der Waals surface area contributed by atoms with Crippen molar-refractivity contribution in [2.75, 3.05) is 20.8 Å². The van der Waals surface area contributed by atoms with E-state index in [4.69, 9.17) is 15.9 Å². The van der Waals surface area contributed by atoms with E-state index in [0.29, 0.717) is 11.3 Å². The summed E-state index contributed by atoms with van der Waals surface area (Å²) < 4.78 is 50.6. The molecular weight excluding hydrogens is 345 g/mol. The summed E-state index contributed by atoms with van der Waals surface area (Å²) in [5.74, 6) is 2.50. The van der Waals surface area contributed by atoms with Crippen molar-refractivity contribution < 1.29 is 22.3 Å². The van der Waals surface area contributed by atoms with Gasteiger partial charge in [-0.15, -0.1) is 6.42 Å². The van der Waals surface area contributed by atoms with Crippen molar-refractivity contribution in [3.05, 3.63) is 53.8 Å². The van der Waals surface area contributed by atoms with Crippen LogP contribution < -0.4 is 9.47 Å². The van der Waals surface area contributed by atoms with Gasteiger partial charge in [0.25, 0.3) is 0 Å². The van der Waals surface area contributed by atoms with Crippen molar-refractivity contribution in [2.45, 2.75) is 11.4 Å². The van der Waals surface area contributed by atoms with Gasteiger partial charge in [-0.25, -0.2) is 12.8 Å². The third-order valence-electron chi connectivity index (χ3n) is 3.53. The molecule has 132 valence electrons. The van der Waals surface area contributed by atoms with Crippen LogP contribution >= 0.6 is 0 Å². The van der Waals surface area contributed by atoms with Gasteiger partial charge < -0.3 is 9.47 Å². The highest BCUT2D eigenvalue weighted by Gasteiger charge is 2.28. The molecule has 25 heavy (non-hydrogen) atoms. The fourth-order valence-electron chi connectivity index (χ4n) is 2.25. The molecule has 7 heteroatoms. The summed E-state index contributed by atoms with van der Waals surface area (Å²) in [5, 5.41) is 0. The zero-order valence-electron chi connectivity index (χ0n) is 13.9. The normalized spacial score (nSPS) is 11.2. The molecule has 0 unspecified atom stereocenters. The van der Waals surface area contributed by atoms with E-state index in [0.717, 1.165) is 4.31 Å². The second-order valence-electron chi connectivity index (χ2n) is 5.12. The van der Waals surface area contributed by atoms with Gasteiger partial charge in [-0.2, -0.15) is 4.31 Å². The van der Waals surface area contributed by atoms with Gasteiger partial charge in [0.05, 0.1) is 20.8 Å². The minimum absolute atomic E-state index is 0.00712. The summed E-state index contributed by atoms with van der Waals surface area (Å²) in [6.45, 7) is -0.132. The Labute approximate surface area is 147 Å². The van der Waals surface area contributed by atoms with Crippen molar-refractivity contribution in [1.82, 2.24) is 4.31 Å². The standard InChI is InChI=1S/C18H18FNO4S/c1-4-11-20(13-14-5-7-15(19)8-6-14)25(21,22)18-12-16(23-2)9-10-17(18)24-3/h1,5-10,12H,11,13H2,2-3H3. The summed E-state index contributed by atoms with van der Waals surface area (Å²) >= 11 is 0. The zero-order valence-corrected chi connectivity index (χ0v) is 14.7. The fraction of sp³-hybridized carbons (Fsp3) is 0.222. The predicted octanol–water partition coefficient (Wildman–Crippen LogP) is 2.67. The second-order valence-corrected chi connectivity index (χ2v) is 7.03. The Balaban J connectivity index is 2.45. The van der Waals surface area contributed by atoms with Crippen molar-refractivity contribution in [2.24, 2.45) is 0 Å². The Kier molecular flexibility index (Phi) is 6.02. The van der Waals surface area contributed by atoms with E-state index in [9.17, 15) is 12.8 Å². The van der Waals surface area contributed by atoms with Gasteiger partial charge in [-0.1, -0.05) is 18.1 Å². The number of nitrogens with zero attached hydrogens (tertiary/aromatic N) is 1. The Hall–Kier alpha value is -2.56. The molecule has 0 saturated heterocycles. The number of rotatable bonds is 7. The number of halogens is 1. The van der Waals surface area contributed by atoms with Crippen molar-refractivity contribution in [3.63, 3.8) is 0 Å². The van der Waals surface area contributed by atoms with Gasteiger partial charge in [0, 0.05) is 12.6 Å². The monoisotopic (exact) mass is 363 g/mol. The molecule has 2 aromatic rings. The number of methoxy groups -OCH3 is 2. The lowest BCUT2D eigenvalue weighted by atomic mass is 10.2. The lowest BCUT2D eigenvalue weighted by Gasteiger charge is -2.21. The molecule has 0 aliphatic rings. The maximum absolute atomic E-state index is 13.1. The van der Waals surface area contributed by atoms with Gasteiger partial charge in [-0.05, 0) is 29.8 Å². The molecule has 5 nitrogen and oxygen atoms in total. The molecular formula is C18H18FNO4S. The van der Waals surface area contributed by atoms with E-state index in [1.807, 2.05) is 0 Å². The lowest BCUT2D eigenvalue weighted by molar-refractivity contribution is 0.386. The van der Waals surface area contributed by atoms with Gasteiger partial charge in [0.1, 0.15) is 22.2 Å². The molecule has 0 N–H and O–H groups in total. The van der Waals surface area contributed by atoms with E-state index in [1.54, 1.807) is 6.07 Å². The zero-order chi connectivity index (χ0) is 18.4.